The molecule has 0 aromatic heterocycles. The molecule has 0 bridgehead atoms. The Kier molecular flexibility index (Phi) is 3.14. The lowest BCUT2D eigenvalue weighted by Gasteiger charge is -2.42. The third kappa shape index (κ3) is 2.04. The van der Waals surface area contributed by atoms with Crippen LogP contribution in [0.2, 0.25) is 0 Å². The summed E-state index contributed by atoms with van der Waals surface area (Å²) < 4.78 is 0. The van der Waals surface area contributed by atoms with E-state index in [0.717, 1.165) is 13.0 Å². The lowest BCUT2D eigenvalue weighted by Crippen LogP contribution is -2.68. The van der Waals surface area contributed by atoms with Gasteiger partial charge in [-0.05, 0) is 12.3 Å². The Hall–Kier alpha value is -1.10. The fourth-order valence-corrected chi connectivity index (χ4v) is 2.36. The molecule has 2 saturated heterocycles. The minimum atomic E-state index is -0.318. The lowest BCUT2D eigenvalue weighted by molar-refractivity contribution is -0.150. The van der Waals surface area contributed by atoms with Gasteiger partial charge >= 0.3 is 0 Å². The van der Waals surface area contributed by atoms with E-state index in [1.807, 2.05) is 0 Å². The topological polar surface area (TPSA) is 61.4 Å². The van der Waals surface area contributed by atoms with Crippen molar-refractivity contribution in [2.75, 3.05) is 19.6 Å². The van der Waals surface area contributed by atoms with Crippen LogP contribution in [0.5, 0.6) is 0 Å². The summed E-state index contributed by atoms with van der Waals surface area (Å²) in [6, 6.07) is -0.619. The maximum atomic E-state index is 12.1. The zero-order valence-electron chi connectivity index (χ0n) is 9.82. The van der Waals surface area contributed by atoms with Gasteiger partial charge in [-0.3, -0.25) is 9.59 Å². The van der Waals surface area contributed by atoms with E-state index in [9.17, 15) is 9.59 Å². The fourth-order valence-electron chi connectivity index (χ4n) is 2.36. The van der Waals surface area contributed by atoms with Crippen molar-refractivity contribution in [3.63, 3.8) is 0 Å². The maximum Gasteiger partial charge on any atom is 0.245 e. The van der Waals surface area contributed by atoms with E-state index in [0.29, 0.717) is 19.0 Å². The molecule has 2 rings (SSSR count). The zero-order valence-corrected chi connectivity index (χ0v) is 9.82. The van der Waals surface area contributed by atoms with Crippen molar-refractivity contribution < 1.29 is 9.59 Å². The minimum absolute atomic E-state index is 0.0162. The molecule has 5 heteroatoms. The molecule has 0 aliphatic carbocycles. The molecule has 0 saturated carbocycles. The quantitative estimate of drug-likeness (QED) is 0.655. The predicted molar refractivity (Wildman–Crippen MR) is 59.8 cm³/mol. The maximum absolute atomic E-state index is 12.1. The van der Waals surface area contributed by atoms with Crippen molar-refractivity contribution in [1.82, 2.24) is 15.5 Å². The standard InChI is InChI=1S/C11H19N3O2/c1-7(2)5-8-11(16)14-4-3-12-6-9(14)10(15)13-8/h7-9,12H,3-6H2,1-2H3,(H,13,15)/t8-,9+/m0/s1. The van der Waals surface area contributed by atoms with Crippen LogP contribution in [0.3, 0.4) is 0 Å². The number of fused-ring (bicyclic) bond motifs is 1. The second-order valence-corrected chi connectivity index (χ2v) is 4.94. The highest BCUT2D eigenvalue weighted by Crippen LogP contribution is 2.16. The van der Waals surface area contributed by atoms with Crippen LogP contribution >= 0.6 is 0 Å². The second kappa shape index (κ2) is 4.41. The molecule has 2 heterocycles. The van der Waals surface area contributed by atoms with Crippen LogP contribution in [0.25, 0.3) is 0 Å². The summed E-state index contributed by atoms with van der Waals surface area (Å²) in [4.78, 5) is 25.7. The Morgan fingerprint density at radius 3 is 2.88 bits per heavy atom. The highest BCUT2D eigenvalue weighted by atomic mass is 16.2. The number of carbonyl (C=O) groups is 2. The van der Waals surface area contributed by atoms with Crippen LogP contribution in [0.4, 0.5) is 0 Å². The Labute approximate surface area is 95.6 Å². The number of carbonyl (C=O) groups excluding carboxylic acids is 2. The Bertz CT molecular complexity index is 304. The minimum Gasteiger partial charge on any atom is -0.342 e. The van der Waals surface area contributed by atoms with Gasteiger partial charge in [0.2, 0.25) is 11.8 Å². The van der Waals surface area contributed by atoms with E-state index in [-0.39, 0.29) is 23.9 Å². The fraction of sp³-hybridized carbons (Fsp3) is 0.818. The molecule has 2 N–H and O–H groups in total. The van der Waals surface area contributed by atoms with Crippen molar-refractivity contribution in [2.45, 2.75) is 32.4 Å². The molecule has 0 aromatic rings. The van der Waals surface area contributed by atoms with Crippen molar-refractivity contribution >= 4 is 11.8 Å². The molecule has 2 aliphatic rings. The largest absolute Gasteiger partial charge is 0.342 e. The van der Waals surface area contributed by atoms with E-state index in [4.69, 9.17) is 0 Å². The van der Waals surface area contributed by atoms with Crippen LogP contribution in [-0.4, -0.2) is 48.4 Å². The van der Waals surface area contributed by atoms with Crippen molar-refractivity contribution in [3.8, 4) is 0 Å². The van der Waals surface area contributed by atoms with Crippen LogP contribution in [0, 0.1) is 5.92 Å². The van der Waals surface area contributed by atoms with Crippen LogP contribution in [-0.2, 0) is 9.59 Å². The van der Waals surface area contributed by atoms with Crippen molar-refractivity contribution in [1.29, 1.82) is 0 Å². The predicted octanol–water partition coefficient (Wildman–Crippen LogP) is -0.669. The summed E-state index contributed by atoms with van der Waals surface area (Å²) in [6.45, 7) is 6.12. The molecule has 5 nitrogen and oxygen atoms in total. The number of hydrogen-bond donors (Lipinski definition) is 2. The second-order valence-electron chi connectivity index (χ2n) is 4.94. The van der Waals surface area contributed by atoms with Crippen molar-refractivity contribution in [3.05, 3.63) is 0 Å². The average molecular weight is 225 g/mol. The summed E-state index contributed by atoms with van der Waals surface area (Å²) >= 11 is 0. The first-order chi connectivity index (χ1) is 7.59. The van der Waals surface area contributed by atoms with Gasteiger partial charge in [-0.25, -0.2) is 0 Å². The van der Waals surface area contributed by atoms with Gasteiger partial charge in [-0.15, -0.1) is 0 Å². The lowest BCUT2D eigenvalue weighted by atomic mass is 9.98. The Morgan fingerprint density at radius 1 is 1.44 bits per heavy atom. The molecule has 16 heavy (non-hydrogen) atoms. The molecule has 0 spiro atoms. The van der Waals surface area contributed by atoms with Crippen LogP contribution in [0.15, 0.2) is 0 Å². The van der Waals surface area contributed by atoms with E-state index >= 15 is 0 Å². The summed E-state index contributed by atoms with van der Waals surface area (Å²) in [5.41, 5.74) is 0. The molecule has 90 valence electrons. The summed E-state index contributed by atoms with van der Waals surface area (Å²) in [6.07, 6.45) is 0.723. The van der Waals surface area contributed by atoms with Crippen molar-refractivity contribution in [2.24, 2.45) is 5.92 Å². The van der Waals surface area contributed by atoms with Crippen LogP contribution in [0.1, 0.15) is 20.3 Å². The third-order valence-corrected chi connectivity index (χ3v) is 3.15. The van der Waals surface area contributed by atoms with Gasteiger partial charge in [0.15, 0.2) is 0 Å². The van der Waals surface area contributed by atoms with Gasteiger partial charge in [0, 0.05) is 19.6 Å². The number of nitrogens with one attached hydrogen (secondary N) is 2. The molecular weight excluding hydrogens is 206 g/mol. The number of rotatable bonds is 2. The summed E-state index contributed by atoms with van der Waals surface area (Å²) in [5.74, 6) is 0.478. The highest BCUT2D eigenvalue weighted by Gasteiger charge is 2.41. The molecule has 0 radical (unpaired) electrons. The third-order valence-electron chi connectivity index (χ3n) is 3.15. The summed E-state index contributed by atoms with van der Waals surface area (Å²) in [5, 5.41) is 5.96. The van der Waals surface area contributed by atoms with Gasteiger partial charge in [-0.1, -0.05) is 13.8 Å². The molecular formula is C11H19N3O2. The normalized spacial score (nSPS) is 30.3. The zero-order chi connectivity index (χ0) is 11.7. The SMILES string of the molecule is CC(C)C[C@@H]1NC(=O)[C@H]2CNCCN2C1=O. The molecule has 2 amide bonds. The molecule has 2 fully saturated rings. The Balaban J connectivity index is 2.10. The van der Waals surface area contributed by atoms with E-state index in [2.05, 4.69) is 24.5 Å². The Morgan fingerprint density at radius 2 is 2.19 bits per heavy atom. The molecule has 2 atom stereocenters. The van der Waals surface area contributed by atoms with E-state index in [1.54, 1.807) is 4.90 Å². The van der Waals surface area contributed by atoms with Gasteiger partial charge in [0.25, 0.3) is 0 Å². The number of nitrogens with zero attached hydrogens (tertiary/aromatic N) is 1. The van der Waals surface area contributed by atoms with E-state index in [1.165, 1.54) is 0 Å². The molecule has 2 aliphatic heterocycles. The first kappa shape index (κ1) is 11.4. The summed E-state index contributed by atoms with van der Waals surface area (Å²) in [7, 11) is 0. The van der Waals surface area contributed by atoms with Crippen LogP contribution < -0.4 is 10.6 Å². The monoisotopic (exact) mass is 225 g/mol. The first-order valence-electron chi connectivity index (χ1n) is 5.91. The van der Waals surface area contributed by atoms with Gasteiger partial charge in [0.05, 0.1) is 0 Å². The highest BCUT2D eigenvalue weighted by molar-refractivity contribution is 5.97. The number of hydrogen-bond acceptors (Lipinski definition) is 3. The van der Waals surface area contributed by atoms with Gasteiger partial charge in [0.1, 0.15) is 12.1 Å². The number of piperazine rings is 2. The first-order valence-corrected chi connectivity index (χ1v) is 5.91. The van der Waals surface area contributed by atoms with Gasteiger partial charge < -0.3 is 15.5 Å². The average Bonchev–Trinajstić information content (AvgIpc) is 2.25. The molecule has 0 unspecified atom stereocenters. The number of amides is 2. The van der Waals surface area contributed by atoms with E-state index < -0.39 is 0 Å². The smallest absolute Gasteiger partial charge is 0.245 e. The van der Waals surface area contributed by atoms with Gasteiger partial charge in [-0.2, -0.15) is 0 Å². The molecule has 0 aromatic carbocycles.